The summed E-state index contributed by atoms with van der Waals surface area (Å²) in [5, 5.41) is 10.1. The number of thioether (sulfide) groups is 1. The van der Waals surface area contributed by atoms with E-state index >= 15 is 0 Å². The van der Waals surface area contributed by atoms with Crippen molar-refractivity contribution in [1.82, 2.24) is 4.90 Å². The summed E-state index contributed by atoms with van der Waals surface area (Å²) in [6, 6.07) is 8.02. The van der Waals surface area contributed by atoms with Crippen LogP contribution in [-0.4, -0.2) is 52.3 Å². The Labute approximate surface area is 163 Å². The number of hydrogen-bond donors (Lipinski definition) is 1. The topological polar surface area (TPSA) is 106 Å². The van der Waals surface area contributed by atoms with E-state index in [1.807, 2.05) is 0 Å². The molecule has 0 saturated carbocycles. The van der Waals surface area contributed by atoms with Crippen LogP contribution in [0.1, 0.15) is 6.92 Å². The van der Waals surface area contributed by atoms with Crippen LogP contribution in [0.25, 0.3) is 11.0 Å². The summed E-state index contributed by atoms with van der Waals surface area (Å²) in [4.78, 5) is 36.7. The van der Waals surface area contributed by atoms with Gasteiger partial charge < -0.3 is 19.0 Å². The van der Waals surface area contributed by atoms with Crippen molar-refractivity contribution in [3.8, 4) is 5.75 Å². The molecule has 1 amide bonds. The molecule has 1 fully saturated rings. The molecule has 0 unspecified atom stereocenters. The molecule has 2 aliphatic rings. The van der Waals surface area contributed by atoms with Gasteiger partial charge in [-0.15, -0.1) is 11.8 Å². The fourth-order valence-corrected chi connectivity index (χ4v) is 4.58. The molecule has 28 heavy (non-hydrogen) atoms. The number of carboxylic acids is 1. The Morgan fingerprint density at radius 2 is 2.11 bits per heavy atom. The number of β-lactam (4-membered cyclic amide) rings is 1. The molecule has 1 aromatic heterocycles. The van der Waals surface area contributed by atoms with Crippen LogP contribution < -0.4 is 10.4 Å². The molecule has 1 saturated heterocycles. The van der Waals surface area contributed by atoms with Crippen molar-refractivity contribution >= 4 is 34.6 Å². The minimum absolute atomic E-state index is 0.00695. The highest BCUT2D eigenvalue weighted by molar-refractivity contribution is 8.00. The van der Waals surface area contributed by atoms with Gasteiger partial charge in [-0.25, -0.2) is 9.59 Å². The molecule has 146 valence electrons. The number of rotatable bonds is 6. The van der Waals surface area contributed by atoms with Gasteiger partial charge in [0.05, 0.1) is 0 Å². The van der Waals surface area contributed by atoms with Crippen LogP contribution >= 0.6 is 11.8 Å². The summed E-state index contributed by atoms with van der Waals surface area (Å²) < 4.78 is 16.3. The van der Waals surface area contributed by atoms with Crippen LogP contribution in [0.2, 0.25) is 0 Å². The summed E-state index contributed by atoms with van der Waals surface area (Å²) in [6.07, 6.45) is -0.602. The number of nitrogens with zero attached hydrogens (tertiary/aromatic N) is 1. The Hall–Kier alpha value is -2.78. The maximum atomic E-state index is 12.3. The van der Waals surface area contributed by atoms with Gasteiger partial charge in [-0.2, -0.15) is 0 Å². The van der Waals surface area contributed by atoms with Crippen LogP contribution in [0.3, 0.4) is 0 Å². The van der Waals surface area contributed by atoms with Crippen LogP contribution in [0.15, 0.2) is 50.8 Å². The van der Waals surface area contributed by atoms with Crippen molar-refractivity contribution in [3.63, 3.8) is 0 Å². The summed E-state index contributed by atoms with van der Waals surface area (Å²) in [5.74, 6) is -0.658. The Kier molecular flexibility index (Phi) is 4.86. The molecular formula is C19H17NO7S. The number of carboxylic acid groups (broad SMARTS) is 1. The highest BCUT2D eigenvalue weighted by atomic mass is 32.2. The second-order valence-electron chi connectivity index (χ2n) is 6.29. The second kappa shape index (κ2) is 7.33. The molecule has 1 aromatic carbocycles. The zero-order chi connectivity index (χ0) is 19.8. The van der Waals surface area contributed by atoms with E-state index < -0.39 is 17.7 Å². The van der Waals surface area contributed by atoms with Crippen molar-refractivity contribution in [1.29, 1.82) is 0 Å². The quantitative estimate of drug-likeness (QED) is 0.575. The zero-order valence-electron chi connectivity index (χ0n) is 14.9. The minimum atomic E-state index is -1.17. The van der Waals surface area contributed by atoms with E-state index in [0.29, 0.717) is 29.3 Å². The number of amides is 1. The molecule has 8 nitrogen and oxygen atoms in total. The predicted molar refractivity (Wildman–Crippen MR) is 101 cm³/mol. The first kappa shape index (κ1) is 18.6. The maximum absolute atomic E-state index is 12.3. The molecule has 0 bridgehead atoms. The van der Waals surface area contributed by atoms with Crippen molar-refractivity contribution in [2.45, 2.75) is 18.4 Å². The number of ether oxygens (including phenoxy) is 2. The molecular weight excluding hydrogens is 386 g/mol. The first-order valence-corrected chi connectivity index (χ1v) is 9.72. The number of carbonyl (C=O) groups is 2. The van der Waals surface area contributed by atoms with Crippen molar-refractivity contribution in [3.05, 3.63) is 52.0 Å². The standard InChI is InChI=1S/C19H17NO7S/c1-2-25-16-17(22)20-15(19(23)24)11(9-28-18(16)20)8-26-12-5-3-10-4-6-14(21)27-13(10)7-12/h3-7,16,18H,2,8-9H2,1H3,(H,23,24)/t16-,18+/m0/s1. The number of benzene rings is 1. The average Bonchev–Trinajstić information content (AvgIpc) is 2.69. The smallest absolute Gasteiger partial charge is 0.352 e. The fourth-order valence-electron chi connectivity index (χ4n) is 3.26. The largest absolute Gasteiger partial charge is 0.489 e. The van der Waals surface area contributed by atoms with Crippen molar-refractivity contribution in [2.24, 2.45) is 0 Å². The summed E-state index contributed by atoms with van der Waals surface area (Å²) in [6.45, 7) is 2.19. The lowest BCUT2D eigenvalue weighted by Gasteiger charge is -2.48. The average molecular weight is 403 g/mol. The van der Waals surface area contributed by atoms with Crippen LogP contribution in [0.4, 0.5) is 0 Å². The van der Waals surface area contributed by atoms with Crippen LogP contribution in [0.5, 0.6) is 5.75 Å². The number of carbonyl (C=O) groups excluding carboxylic acids is 1. The van der Waals surface area contributed by atoms with Gasteiger partial charge in [0.15, 0.2) is 6.10 Å². The lowest BCUT2D eigenvalue weighted by Crippen LogP contribution is -2.66. The van der Waals surface area contributed by atoms with Gasteiger partial charge in [0, 0.05) is 35.5 Å². The summed E-state index contributed by atoms with van der Waals surface area (Å²) >= 11 is 1.45. The second-order valence-corrected chi connectivity index (χ2v) is 7.39. The molecule has 0 radical (unpaired) electrons. The van der Waals surface area contributed by atoms with Gasteiger partial charge in [0.1, 0.15) is 29.0 Å². The van der Waals surface area contributed by atoms with Crippen LogP contribution in [-0.2, 0) is 14.3 Å². The van der Waals surface area contributed by atoms with Crippen molar-refractivity contribution < 1.29 is 28.6 Å². The molecule has 9 heteroatoms. The highest BCUT2D eigenvalue weighted by Crippen LogP contribution is 2.41. The minimum Gasteiger partial charge on any atom is -0.489 e. The van der Waals surface area contributed by atoms with E-state index in [2.05, 4.69) is 0 Å². The third-order valence-electron chi connectivity index (χ3n) is 4.55. The van der Waals surface area contributed by atoms with Crippen LogP contribution in [0, 0.1) is 0 Å². The monoisotopic (exact) mass is 403 g/mol. The van der Waals surface area contributed by atoms with Gasteiger partial charge >= 0.3 is 11.6 Å². The number of fused-ring (bicyclic) bond motifs is 2. The lowest BCUT2D eigenvalue weighted by molar-refractivity contribution is -0.164. The van der Waals surface area contributed by atoms with Gasteiger partial charge in [0.2, 0.25) is 0 Å². The molecule has 0 spiro atoms. The van der Waals surface area contributed by atoms with E-state index in [1.165, 1.54) is 22.7 Å². The Morgan fingerprint density at radius 1 is 1.32 bits per heavy atom. The maximum Gasteiger partial charge on any atom is 0.352 e. The molecule has 2 aromatic rings. The lowest BCUT2D eigenvalue weighted by atomic mass is 10.1. The Morgan fingerprint density at radius 3 is 2.86 bits per heavy atom. The van der Waals surface area contributed by atoms with Gasteiger partial charge in [0.25, 0.3) is 5.91 Å². The predicted octanol–water partition coefficient (Wildman–Crippen LogP) is 1.83. The molecule has 0 aliphatic carbocycles. The van der Waals surface area contributed by atoms with Gasteiger partial charge in [-0.3, -0.25) is 9.69 Å². The molecule has 3 heterocycles. The highest BCUT2D eigenvalue weighted by Gasteiger charge is 2.54. The van der Waals surface area contributed by atoms with Gasteiger partial charge in [-0.1, -0.05) is 0 Å². The van der Waals surface area contributed by atoms with E-state index in [4.69, 9.17) is 13.9 Å². The van der Waals surface area contributed by atoms with Gasteiger partial charge in [-0.05, 0) is 25.1 Å². The van der Waals surface area contributed by atoms with E-state index in [9.17, 15) is 19.5 Å². The first-order valence-electron chi connectivity index (χ1n) is 8.68. The Bertz CT molecular complexity index is 1040. The van der Waals surface area contributed by atoms with E-state index in [1.54, 1.807) is 31.2 Å². The SMILES string of the molecule is CCO[C@H]1C(=O)N2C(C(=O)O)=C(COc3ccc4ccc(=O)oc4c3)CS[C@H]12. The summed E-state index contributed by atoms with van der Waals surface area (Å²) in [7, 11) is 0. The first-order chi connectivity index (χ1) is 13.5. The molecule has 2 aliphatic heterocycles. The zero-order valence-corrected chi connectivity index (χ0v) is 15.7. The van der Waals surface area contributed by atoms with E-state index in [0.717, 1.165) is 5.39 Å². The van der Waals surface area contributed by atoms with Crippen molar-refractivity contribution in [2.75, 3.05) is 19.0 Å². The third kappa shape index (κ3) is 3.16. The molecule has 4 rings (SSSR count). The normalized spacial score (nSPS) is 21.5. The Balaban J connectivity index is 1.56. The third-order valence-corrected chi connectivity index (χ3v) is 5.87. The summed E-state index contributed by atoms with van der Waals surface area (Å²) in [5.41, 5.74) is 0.382. The van der Waals surface area contributed by atoms with E-state index in [-0.39, 0.29) is 23.6 Å². The number of aliphatic carboxylic acids is 1. The molecule has 1 N–H and O–H groups in total. The molecule has 2 atom stereocenters. The fraction of sp³-hybridized carbons (Fsp3) is 0.316. The number of hydrogen-bond acceptors (Lipinski definition) is 7.